The van der Waals surface area contributed by atoms with E-state index in [-0.39, 0.29) is 24.8 Å². The molecule has 0 radical (unpaired) electrons. The van der Waals surface area contributed by atoms with Gasteiger partial charge in [-0.2, -0.15) is 0 Å². The number of halogens is 2. The molecule has 106 valence electrons. The summed E-state index contributed by atoms with van der Waals surface area (Å²) in [5.41, 5.74) is 8.37. The lowest BCUT2D eigenvalue weighted by Gasteiger charge is -2.10. The van der Waals surface area contributed by atoms with Crippen molar-refractivity contribution in [3.63, 3.8) is 0 Å². The number of aromatic nitrogens is 2. The van der Waals surface area contributed by atoms with E-state index in [4.69, 9.17) is 5.73 Å². The highest BCUT2D eigenvalue weighted by Crippen LogP contribution is 2.09. The minimum Gasteiger partial charge on any atom is -1.00 e. The smallest absolute Gasteiger partial charge is 0.353 e. The van der Waals surface area contributed by atoms with Gasteiger partial charge in [0.15, 0.2) is 0 Å². The van der Waals surface area contributed by atoms with Crippen LogP contribution in [0.1, 0.15) is 12.8 Å². The molecule has 0 spiro atoms. The normalized spacial score (nSPS) is 15.2. The molecule has 4 N–H and O–H groups in total. The predicted molar refractivity (Wildman–Crippen MR) is 67.7 cm³/mol. The average Bonchev–Trinajstić information content (AvgIpc) is 2.93. The summed E-state index contributed by atoms with van der Waals surface area (Å²) in [6, 6.07) is 8.30. The van der Waals surface area contributed by atoms with Crippen LogP contribution in [0.2, 0.25) is 0 Å². The standard InChI is InChI=1S/C13H18N4.2ClH/c14-13-15-11-5-1-2-6-12(11)17(13)10-9-16-7-3-4-8-16;;/h1-2,5-6H,3-4,7-10H2,(H2,14,15);2*1H. The van der Waals surface area contributed by atoms with Crippen molar-refractivity contribution in [2.45, 2.75) is 19.4 Å². The molecule has 2 heterocycles. The fraction of sp³-hybridized carbons (Fsp3) is 0.462. The maximum Gasteiger partial charge on any atom is 0.353 e. The quantitative estimate of drug-likeness (QED) is 0.486. The molecule has 0 bridgehead atoms. The molecule has 1 aliphatic heterocycles. The number of aromatic amines is 1. The molecule has 0 atom stereocenters. The number of hydrogen-bond acceptors (Lipinski definition) is 1. The minimum absolute atomic E-state index is 0. The SMILES string of the molecule is Nc1[nH]c2ccccc2[n+]1CC[NH+]1CCCC1.[Cl-].[Cl-]. The summed E-state index contributed by atoms with van der Waals surface area (Å²) in [5, 5.41) is 0. The van der Waals surface area contributed by atoms with Gasteiger partial charge in [-0.25, -0.2) is 9.55 Å². The summed E-state index contributed by atoms with van der Waals surface area (Å²) in [4.78, 5) is 4.94. The second-order valence-corrected chi connectivity index (χ2v) is 4.89. The maximum atomic E-state index is 6.04. The monoisotopic (exact) mass is 302 g/mol. The third-order valence-electron chi connectivity index (χ3n) is 3.75. The van der Waals surface area contributed by atoms with Gasteiger partial charge in [0.1, 0.15) is 24.1 Å². The molecule has 0 saturated carbocycles. The van der Waals surface area contributed by atoms with Crippen LogP contribution in [0, 0.1) is 0 Å². The van der Waals surface area contributed by atoms with Gasteiger partial charge in [0.25, 0.3) is 0 Å². The molecule has 1 saturated heterocycles. The van der Waals surface area contributed by atoms with Gasteiger partial charge in [0.05, 0.1) is 13.1 Å². The Morgan fingerprint density at radius 2 is 1.84 bits per heavy atom. The highest BCUT2D eigenvalue weighted by molar-refractivity contribution is 5.72. The number of para-hydroxylation sites is 2. The molecular formula is C13H20Cl2N4. The van der Waals surface area contributed by atoms with Gasteiger partial charge in [0.2, 0.25) is 0 Å². The van der Waals surface area contributed by atoms with E-state index in [9.17, 15) is 0 Å². The number of nitrogen functional groups attached to an aromatic ring is 1. The molecule has 0 amide bonds. The number of H-pyrrole nitrogens is 1. The first-order chi connectivity index (χ1) is 8.34. The van der Waals surface area contributed by atoms with E-state index in [1.54, 1.807) is 4.90 Å². The van der Waals surface area contributed by atoms with E-state index in [0.29, 0.717) is 0 Å². The van der Waals surface area contributed by atoms with Crippen molar-refractivity contribution in [1.29, 1.82) is 0 Å². The summed E-state index contributed by atoms with van der Waals surface area (Å²) in [5.74, 6) is 0.768. The third kappa shape index (κ3) is 3.32. The van der Waals surface area contributed by atoms with Crippen LogP contribution in [-0.2, 0) is 6.54 Å². The van der Waals surface area contributed by atoms with E-state index in [1.807, 2.05) is 6.07 Å². The first-order valence-corrected chi connectivity index (χ1v) is 6.44. The van der Waals surface area contributed by atoms with Crippen LogP contribution in [0.4, 0.5) is 5.95 Å². The van der Waals surface area contributed by atoms with Crippen LogP contribution < -0.4 is 40.0 Å². The zero-order valence-corrected chi connectivity index (χ0v) is 12.3. The number of fused-ring (bicyclic) bond motifs is 1. The number of quaternary nitrogens is 1. The molecule has 0 unspecified atom stereocenters. The Morgan fingerprint density at radius 1 is 1.16 bits per heavy atom. The molecule has 1 fully saturated rings. The van der Waals surface area contributed by atoms with Crippen LogP contribution >= 0.6 is 0 Å². The number of nitrogens with two attached hydrogens (primary N) is 1. The molecule has 1 aliphatic rings. The number of benzene rings is 1. The first-order valence-electron chi connectivity index (χ1n) is 6.44. The summed E-state index contributed by atoms with van der Waals surface area (Å²) >= 11 is 0. The number of likely N-dealkylation sites (tertiary alicyclic amines) is 1. The predicted octanol–water partition coefficient (Wildman–Crippen LogP) is -6.28. The molecule has 3 rings (SSSR count). The van der Waals surface area contributed by atoms with Crippen LogP contribution in [0.3, 0.4) is 0 Å². The number of anilines is 1. The first kappa shape index (κ1) is 16.1. The van der Waals surface area contributed by atoms with E-state index < -0.39 is 0 Å². The van der Waals surface area contributed by atoms with Gasteiger partial charge in [-0.1, -0.05) is 12.1 Å². The van der Waals surface area contributed by atoms with Gasteiger partial charge in [-0.15, -0.1) is 0 Å². The van der Waals surface area contributed by atoms with Crippen molar-refractivity contribution in [2.24, 2.45) is 0 Å². The van der Waals surface area contributed by atoms with Gasteiger partial charge in [-0.3, -0.25) is 5.73 Å². The van der Waals surface area contributed by atoms with Crippen molar-refractivity contribution in [2.75, 3.05) is 25.4 Å². The zero-order chi connectivity index (χ0) is 11.7. The Balaban J connectivity index is 0.000000902. The van der Waals surface area contributed by atoms with Gasteiger partial charge in [-0.05, 0) is 12.1 Å². The second kappa shape index (κ2) is 6.98. The number of nitrogens with zero attached hydrogens (tertiary/aromatic N) is 1. The van der Waals surface area contributed by atoms with Crippen molar-refractivity contribution < 1.29 is 34.3 Å². The molecule has 6 heteroatoms. The number of imidazole rings is 1. The largest absolute Gasteiger partial charge is 1.00 e. The van der Waals surface area contributed by atoms with Crippen molar-refractivity contribution in [3.05, 3.63) is 24.3 Å². The van der Waals surface area contributed by atoms with E-state index in [1.165, 1.54) is 38.0 Å². The number of hydrogen-bond donors (Lipinski definition) is 3. The van der Waals surface area contributed by atoms with Gasteiger partial charge >= 0.3 is 5.95 Å². The lowest BCUT2D eigenvalue weighted by Crippen LogP contribution is -3.10. The third-order valence-corrected chi connectivity index (χ3v) is 3.75. The van der Waals surface area contributed by atoms with E-state index in [0.717, 1.165) is 18.0 Å². The number of nitrogens with one attached hydrogen (secondary N) is 2. The molecule has 19 heavy (non-hydrogen) atoms. The minimum atomic E-state index is 0. The lowest BCUT2D eigenvalue weighted by molar-refractivity contribution is -0.905. The molecule has 1 aromatic carbocycles. The highest BCUT2D eigenvalue weighted by atomic mass is 35.5. The molecule has 0 aliphatic carbocycles. The summed E-state index contributed by atoms with van der Waals surface area (Å²) in [6.07, 6.45) is 2.76. The molecule has 1 aromatic heterocycles. The van der Waals surface area contributed by atoms with Crippen LogP contribution in [0.25, 0.3) is 11.0 Å². The fourth-order valence-corrected chi connectivity index (χ4v) is 2.79. The van der Waals surface area contributed by atoms with Gasteiger partial charge in [0, 0.05) is 12.8 Å². The molecule has 2 aromatic rings. The molecule has 4 nitrogen and oxygen atoms in total. The van der Waals surface area contributed by atoms with Gasteiger partial charge < -0.3 is 29.7 Å². The molecular weight excluding hydrogens is 283 g/mol. The van der Waals surface area contributed by atoms with Crippen molar-refractivity contribution >= 4 is 17.0 Å². The highest BCUT2D eigenvalue weighted by Gasteiger charge is 2.18. The van der Waals surface area contributed by atoms with Crippen molar-refractivity contribution in [1.82, 2.24) is 4.98 Å². The maximum absolute atomic E-state index is 6.04. The summed E-state index contributed by atoms with van der Waals surface area (Å²) < 4.78 is 2.20. The van der Waals surface area contributed by atoms with Crippen molar-refractivity contribution in [3.8, 4) is 0 Å². The second-order valence-electron chi connectivity index (χ2n) is 4.89. The Hall–Kier alpha value is -0.970. The zero-order valence-electron chi connectivity index (χ0n) is 10.8. The lowest BCUT2D eigenvalue weighted by atomic mass is 10.3. The van der Waals surface area contributed by atoms with E-state index >= 15 is 0 Å². The summed E-state index contributed by atoms with van der Waals surface area (Å²) in [7, 11) is 0. The Kier molecular flexibility index (Phi) is 5.91. The van der Waals surface area contributed by atoms with Crippen LogP contribution in [0.15, 0.2) is 24.3 Å². The average molecular weight is 303 g/mol. The van der Waals surface area contributed by atoms with Crippen LogP contribution in [0.5, 0.6) is 0 Å². The Labute approximate surface area is 125 Å². The topological polar surface area (TPSA) is 50.1 Å². The fourth-order valence-electron chi connectivity index (χ4n) is 2.79. The van der Waals surface area contributed by atoms with Crippen LogP contribution in [-0.4, -0.2) is 24.6 Å². The summed E-state index contributed by atoms with van der Waals surface area (Å²) in [6.45, 7) is 4.83. The number of rotatable bonds is 3. The Morgan fingerprint density at radius 3 is 2.58 bits per heavy atom. The Bertz CT molecular complexity index is 520. The van der Waals surface area contributed by atoms with E-state index in [2.05, 4.69) is 27.8 Å².